The van der Waals surface area contributed by atoms with Gasteiger partial charge in [-0.1, -0.05) is 69.5 Å². The van der Waals surface area contributed by atoms with Crippen LogP contribution in [0.3, 0.4) is 0 Å². The van der Waals surface area contributed by atoms with Crippen molar-refractivity contribution in [3.8, 4) is 11.5 Å². The number of ether oxygens (including phenoxy) is 3. The number of rotatable bonds is 5. The van der Waals surface area contributed by atoms with E-state index < -0.39 is 17.5 Å². The summed E-state index contributed by atoms with van der Waals surface area (Å²) in [6, 6.07) is 12.8. The lowest BCUT2D eigenvalue weighted by Gasteiger charge is -2.42. The average Bonchev–Trinajstić information content (AvgIpc) is 3.04. The smallest absolute Gasteiger partial charge is 0.339 e. The van der Waals surface area contributed by atoms with Crippen molar-refractivity contribution in [1.29, 1.82) is 0 Å². The van der Waals surface area contributed by atoms with E-state index >= 15 is 0 Å². The number of halogens is 2. The Morgan fingerprint density at radius 1 is 1.10 bits per heavy atom. The van der Waals surface area contributed by atoms with Gasteiger partial charge in [-0.3, -0.25) is 4.79 Å². The first-order valence-electron chi connectivity index (χ1n) is 9.99. The molecule has 0 amide bonds. The predicted octanol–water partition coefficient (Wildman–Crippen LogP) is 5.49. The number of hydrogen-bond donors (Lipinski definition) is 0. The van der Waals surface area contributed by atoms with Crippen LogP contribution in [0.5, 0.6) is 11.5 Å². The summed E-state index contributed by atoms with van der Waals surface area (Å²) in [5, 5.41) is 0. The van der Waals surface area contributed by atoms with Crippen LogP contribution in [-0.4, -0.2) is 20.3 Å². The van der Waals surface area contributed by atoms with Crippen LogP contribution >= 0.6 is 45.2 Å². The van der Waals surface area contributed by atoms with E-state index in [1.807, 2.05) is 30.3 Å². The number of benzene rings is 2. The standard InChI is InChI=1S/C24H18I2O5/c25-21(26)9-4-12-29-14-10-11-17-20(13-14)30-19-8-3-7-18(27)22(19)24(17)16-6-2-1-5-15(16)23(28)31-24/h1-3,5-8,10-11,13,21-22H,4,9,12H2. The number of esters is 1. The van der Waals surface area contributed by atoms with Crippen LogP contribution in [0.4, 0.5) is 0 Å². The number of carbonyl (C=O) groups excluding carboxylic acids is 2. The van der Waals surface area contributed by atoms with E-state index in [0.717, 1.165) is 12.8 Å². The van der Waals surface area contributed by atoms with Gasteiger partial charge in [0.25, 0.3) is 0 Å². The maximum absolute atomic E-state index is 13.0. The molecule has 5 rings (SSSR count). The molecule has 2 heterocycles. The molecule has 3 aliphatic rings. The summed E-state index contributed by atoms with van der Waals surface area (Å²) in [4.78, 5) is 25.8. The zero-order chi connectivity index (χ0) is 21.6. The average molecular weight is 640 g/mol. The summed E-state index contributed by atoms with van der Waals surface area (Å²) < 4.78 is 18.7. The summed E-state index contributed by atoms with van der Waals surface area (Å²) in [5.41, 5.74) is 0.573. The van der Waals surface area contributed by atoms with Gasteiger partial charge in [0.05, 0.1) is 14.1 Å². The van der Waals surface area contributed by atoms with Gasteiger partial charge in [-0.2, -0.15) is 0 Å². The predicted molar refractivity (Wildman–Crippen MR) is 132 cm³/mol. The largest absolute Gasteiger partial charge is 0.493 e. The van der Waals surface area contributed by atoms with Gasteiger partial charge >= 0.3 is 5.97 Å². The third-order valence-electron chi connectivity index (χ3n) is 5.71. The fraction of sp³-hybridized carbons (Fsp3) is 0.250. The second kappa shape index (κ2) is 8.23. The molecule has 2 unspecified atom stereocenters. The van der Waals surface area contributed by atoms with Gasteiger partial charge in [-0.25, -0.2) is 4.79 Å². The van der Waals surface area contributed by atoms with Crippen LogP contribution in [0.15, 0.2) is 66.5 Å². The molecule has 0 saturated heterocycles. The molecule has 1 spiro atoms. The molecule has 0 saturated carbocycles. The highest BCUT2D eigenvalue weighted by Gasteiger charge is 2.60. The minimum atomic E-state index is -1.25. The zero-order valence-electron chi connectivity index (χ0n) is 16.3. The van der Waals surface area contributed by atoms with Crippen LogP contribution in [0.2, 0.25) is 0 Å². The van der Waals surface area contributed by atoms with Gasteiger partial charge in [-0.15, -0.1) is 0 Å². The first-order chi connectivity index (χ1) is 15.0. The molecular formula is C24H18I2O5. The Bertz CT molecular complexity index is 1140. The number of alkyl halides is 2. The minimum Gasteiger partial charge on any atom is -0.493 e. The molecule has 7 heteroatoms. The monoisotopic (exact) mass is 640 g/mol. The summed E-state index contributed by atoms with van der Waals surface area (Å²) in [6.07, 6.45) is 6.96. The number of hydrogen-bond acceptors (Lipinski definition) is 5. The van der Waals surface area contributed by atoms with Crippen molar-refractivity contribution >= 4 is 56.9 Å². The summed E-state index contributed by atoms with van der Waals surface area (Å²) in [5.74, 6) is 0.348. The van der Waals surface area contributed by atoms with Crippen LogP contribution in [-0.2, 0) is 15.1 Å². The molecule has 31 heavy (non-hydrogen) atoms. The van der Waals surface area contributed by atoms with Crippen molar-refractivity contribution in [2.45, 2.75) is 20.4 Å². The van der Waals surface area contributed by atoms with Crippen LogP contribution in [0, 0.1) is 5.92 Å². The zero-order valence-corrected chi connectivity index (χ0v) is 20.7. The van der Waals surface area contributed by atoms with E-state index in [2.05, 4.69) is 45.2 Å². The van der Waals surface area contributed by atoms with E-state index in [1.54, 1.807) is 24.3 Å². The summed E-state index contributed by atoms with van der Waals surface area (Å²) >= 11 is 4.79. The Labute approximate surface area is 207 Å². The Morgan fingerprint density at radius 3 is 2.77 bits per heavy atom. The molecule has 5 nitrogen and oxygen atoms in total. The molecule has 1 aliphatic carbocycles. The molecule has 2 aliphatic heterocycles. The Balaban J connectivity index is 1.59. The van der Waals surface area contributed by atoms with Crippen molar-refractivity contribution in [3.63, 3.8) is 0 Å². The summed E-state index contributed by atoms with van der Waals surface area (Å²) in [6.45, 7) is 0.608. The van der Waals surface area contributed by atoms with Gasteiger partial charge in [-0.05, 0) is 43.2 Å². The van der Waals surface area contributed by atoms with E-state index in [4.69, 9.17) is 14.2 Å². The Morgan fingerprint density at radius 2 is 1.94 bits per heavy atom. The molecule has 0 radical (unpaired) electrons. The van der Waals surface area contributed by atoms with E-state index in [1.165, 1.54) is 6.08 Å². The maximum Gasteiger partial charge on any atom is 0.339 e. The van der Waals surface area contributed by atoms with Crippen molar-refractivity contribution in [2.24, 2.45) is 5.92 Å². The molecule has 158 valence electrons. The lowest BCUT2D eigenvalue weighted by atomic mass is 9.70. The Kier molecular flexibility index (Phi) is 5.58. The first-order valence-corrected chi connectivity index (χ1v) is 12.5. The normalized spacial score (nSPS) is 23.1. The van der Waals surface area contributed by atoms with Gasteiger partial charge in [0.2, 0.25) is 0 Å². The molecule has 0 N–H and O–H groups in total. The van der Waals surface area contributed by atoms with Crippen LogP contribution in [0.25, 0.3) is 0 Å². The number of allylic oxidation sites excluding steroid dienone is 3. The molecule has 0 aromatic heterocycles. The van der Waals surface area contributed by atoms with Crippen LogP contribution in [0.1, 0.15) is 34.3 Å². The lowest BCUT2D eigenvalue weighted by molar-refractivity contribution is -0.125. The van der Waals surface area contributed by atoms with Gasteiger partial charge in [0.1, 0.15) is 23.2 Å². The van der Waals surface area contributed by atoms with Crippen molar-refractivity contribution in [3.05, 3.63) is 83.1 Å². The van der Waals surface area contributed by atoms with Gasteiger partial charge in [0, 0.05) is 17.2 Å². The van der Waals surface area contributed by atoms with Gasteiger partial charge < -0.3 is 14.2 Å². The summed E-state index contributed by atoms with van der Waals surface area (Å²) in [7, 11) is 0. The second-order valence-corrected chi connectivity index (χ2v) is 13.0. The van der Waals surface area contributed by atoms with Crippen molar-refractivity contribution in [2.75, 3.05) is 6.61 Å². The van der Waals surface area contributed by atoms with E-state index in [0.29, 0.717) is 42.5 Å². The molecule has 2 atom stereocenters. The fourth-order valence-corrected chi connectivity index (χ4v) is 5.29. The number of fused-ring (bicyclic) bond motifs is 6. The van der Waals surface area contributed by atoms with Crippen LogP contribution < -0.4 is 9.47 Å². The van der Waals surface area contributed by atoms with E-state index in [-0.39, 0.29) is 5.78 Å². The third-order valence-corrected chi connectivity index (χ3v) is 6.96. The highest BCUT2D eigenvalue weighted by molar-refractivity contribution is 14.2. The van der Waals surface area contributed by atoms with Gasteiger partial charge in [0.15, 0.2) is 11.4 Å². The molecule has 2 aromatic carbocycles. The topological polar surface area (TPSA) is 61.8 Å². The van der Waals surface area contributed by atoms with Crippen molar-refractivity contribution in [1.82, 2.24) is 0 Å². The lowest BCUT2D eigenvalue weighted by Crippen LogP contribution is -2.46. The highest BCUT2D eigenvalue weighted by Crippen LogP contribution is 2.56. The first kappa shape index (κ1) is 21.0. The molecule has 0 fully saturated rings. The SMILES string of the molecule is O=C1OC2(c3ccc(OCCCC(I)I)cc3OC3=CC=CC(=O)C32)c2ccccc21. The number of ketones is 1. The minimum absolute atomic E-state index is 0.153. The van der Waals surface area contributed by atoms with Crippen molar-refractivity contribution < 1.29 is 23.8 Å². The molecular weight excluding hydrogens is 622 g/mol. The van der Waals surface area contributed by atoms with E-state index in [9.17, 15) is 9.59 Å². The molecule has 0 bridgehead atoms. The fourth-order valence-electron chi connectivity index (χ4n) is 4.41. The number of carbonyl (C=O) groups is 2. The molecule has 2 aromatic rings. The highest BCUT2D eigenvalue weighted by atomic mass is 127. The quantitative estimate of drug-likeness (QED) is 0.188. The maximum atomic E-state index is 13.0. The third kappa shape index (κ3) is 3.49. The Hall–Kier alpha value is -1.88. The second-order valence-electron chi connectivity index (χ2n) is 7.58.